The Morgan fingerprint density at radius 3 is 2.71 bits per heavy atom. The molecule has 0 atom stereocenters. The molecule has 0 unspecified atom stereocenters. The Kier molecular flexibility index (Phi) is 3.04. The first kappa shape index (κ1) is 12.2. The molecule has 1 aromatic carbocycles. The molecule has 1 amide bonds. The van der Waals surface area contributed by atoms with E-state index in [2.05, 4.69) is 13.8 Å². The van der Waals surface area contributed by atoms with Crippen LogP contribution in [0.4, 0.5) is 5.69 Å². The zero-order chi connectivity index (χ0) is 12.6. The standard InChI is InChI=1S/C13H17ClN2O/c1-13(2)5-6-16(8-13)12(17)10-4-3-9(14)7-11(10)15/h3-4,7H,5-6,8,15H2,1-2H3. The number of nitrogens with two attached hydrogens (primary N) is 1. The number of hydrogen-bond acceptors (Lipinski definition) is 2. The first-order valence-electron chi connectivity index (χ1n) is 5.73. The minimum atomic E-state index is 0.00439. The van der Waals surface area contributed by atoms with Gasteiger partial charge in [0.15, 0.2) is 0 Å². The van der Waals surface area contributed by atoms with E-state index in [0.717, 1.165) is 19.5 Å². The van der Waals surface area contributed by atoms with Crippen molar-refractivity contribution in [2.75, 3.05) is 18.8 Å². The van der Waals surface area contributed by atoms with E-state index in [-0.39, 0.29) is 11.3 Å². The molecule has 1 heterocycles. The van der Waals surface area contributed by atoms with Gasteiger partial charge in [-0.25, -0.2) is 0 Å². The molecule has 0 spiro atoms. The van der Waals surface area contributed by atoms with Crippen molar-refractivity contribution in [3.63, 3.8) is 0 Å². The maximum Gasteiger partial charge on any atom is 0.255 e. The van der Waals surface area contributed by atoms with Crippen LogP contribution in [0.25, 0.3) is 0 Å². The predicted molar refractivity (Wildman–Crippen MR) is 70.2 cm³/mol. The zero-order valence-electron chi connectivity index (χ0n) is 10.2. The van der Waals surface area contributed by atoms with Crippen molar-refractivity contribution >= 4 is 23.2 Å². The fourth-order valence-electron chi connectivity index (χ4n) is 2.18. The molecule has 3 nitrogen and oxygen atoms in total. The van der Waals surface area contributed by atoms with E-state index in [9.17, 15) is 4.79 Å². The molecule has 0 aromatic heterocycles. The summed E-state index contributed by atoms with van der Waals surface area (Å²) in [6.45, 7) is 5.93. The van der Waals surface area contributed by atoms with Gasteiger partial charge in [-0.3, -0.25) is 4.79 Å². The highest BCUT2D eigenvalue weighted by Crippen LogP contribution is 2.30. The van der Waals surface area contributed by atoms with Crippen molar-refractivity contribution in [3.05, 3.63) is 28.8 Å². The minimum Gasteiger partial charge on any atom is -0.398 e. The summed E-state index contributed by atoms with van der Waals surface area (Å²) < 4.78 is 0. The van der Waals surface area contributed by atoms with Crippen molar-refractivity contribution in [3.8, 4) is 0 Å². The summed E-state index contributed by atoms with van der Waals surface area (Å²) in [6.07, 6.45) is 1.03. The number of hydrogen-bond donors (Lipinski definition) is 1. The van der Waals surface area contributed by atoms with Crippen LogP contribution in [-0.4, -0.2) is 23.9 Å². The van der Waals surface area contributed by atoms with Crippen LogP contribution >= 0.6 is 11.6 Å². The molecule has 0 radical (unpaired) electrons. The summed E-state index contributed by atoms with van der Waals surface area (Å²) in [6, 6.07) is 5.02. The van der Waals surface area contributed by atoms with Gasteiger partial charge in [-0.2, -0.15) is 0 Å². The number of carbonyl (C=O) groups excluding carboxylic acids is 1. The molecule has 4 heteroatoms. The number of halogens is 1. The smallest absolute Gasteiger partial charge is 0.255 e. The van der Waals surface area contributed by atoms with Gasteiger partial charge in [0, 0.05) is 23.8 Å². The fourth-order valence-corrected chi connectivity index (χ4v) is 2.36. The van der Waals surface area contributed by atoms with E-state index in [0.29, 0.717) is 16.3 Å². The normalized spacial score (nSPS) is 18.4. The molecule has 1 aromatic rings. The lowest BCUT2D eigenvalue weighted by atomic mass is 9.93. The van der Waals surface area contributed by atoms with Gasteiger partial charge in [0.25, 0.3) is 5.91 Å². The molecule has 2 rings (SSSR count). The highest BCUT2D eigenvalue weighted by Gasteiger charge is 2.32. The number of amides is 1. The molecule has 1 aliphatic rings. The molecule has 0 saturated carbocycles. The maximum atomic E-state index is 12.3. The predicted octanol–water partition coefficient (Wildman–Crippen LogP) is 2.79. The summed E-state index contributed by atoms with van der Waals surface area (Å²) in [7, 11) is 0. The topological polar surface area (TPSA) is 46.3 Å². The number of rotatable bonds is 1. The second-order valence-corrected chi connectivity index (χ2v) is 5.81. The van der Waals surface area contributed by atoms with Crippen LogP contribution < -0.4 is 5.73 Å². The number of nitrogen functional groups attached to an aromatic ring is 1. The van der Waals surface area contributed by atoms with Gasteiger partial charge in [0.2, 0.25) is 0 Å². The molecule has 1 saturated heterocycles. The van der Waals surface area contributed by atoms with E-state index in [1.165, 1.54) is 0 Å². The SMILES string of the molecule is CC1(C)CCN(C(=O)c2ccc(Cl)cc2N)C1. The van der Waals surface area contributed by atoms with Gasteiger partial charge in [0.05, 0.1) is 5.56 Å². The summed E-state index contributed by atoms with van der Waals surface area (Å²) in [5, 5.41) is 0.556. The third kappa shape index (κ3) is 2.55. The Morgan fingerprint density at radius 2 is 2.18 bits per heavy atom. The third-order valence-electron chi connectivity index (χ3n) is 3.21. The monoisotopic (exact) mass is 252 g/mol. The number of benzene rings is 1. The van der Waals surface area contributed by atoms with Gasteiger partial charge in [-0.05, 0) is 30.0 Å². The highest BCUT2D eigenvalue weighted by atomic mass is 35.5. The Morgan fingerprint density at radius 1 is 1.47 bits per heavy atom. The Bertz CT molecular complexity index is 457. The molecule has 1 aliphatic heterocycles. The van der Waals surface area contributed by atoms with E-state index < -0.39 is 0 Å². The van der Waals surface area contributed by atoms with Gasteiger partial charge in [-0.1, -0.05) is 25.4 Å². The average molecular weight is 253 g/mol. The van der Waals surface area contributed by atoms with Crippen molar-refractivity contribution in [2.45, 2.75) is 20.3 Å². The van der Waals surface area contributed by atoms with E-state index >= 15 is 0 Å². The molecular formula is C13H17ClN2O. The van der Waals surface area contributed by atoms with Gasteiger partial charge in [0.1, 0.15) is 0 Å². The Balaban J connectivity index is 2.21. The molecule has 17 heavy (non-hydrogen) atoms. The van der Waals surface area contributed by atoms with Crippen LogP contribution in [0.3, 0.4) is 0 Å². The molecule has 2 N–H and O–H groups in total. The van der Waals surface area contributed by atoms with Gasteiger partial charge >= 0.3 is 0 Å². The van der Waals surface area contributed by atoms with Crippen LogP contribution in [0, 0.1) is 5.41 Å². The van der Waals surface area contributed by atoms with Gasteiger partial charge in [-0.15, -0.1) is 0 Å². The quantitative estimate of drug-likeness (QED) is 0.782. The number of likely N-dealkylation sites (tertiary alicyclic amines) is 1. The van der Waals surface area contributed by atoms with Crippen molar-refractivity contribution < 1.29 is 4.79 Å². The highest BCUT2D eigenvalue weighted by molar-refractivity contribution is 6.31. The zero-order valence-corrected chi connectivity index (χ0v) is 10.9. The summed E-state index contributed by atoms with van der Waals surface area (Å²) in [5.41, 5.74) is 7.03. The molecule has 92 valence electrons. The van der Waals surface area contributed by atoms with Crippen LogP contribution in [0.15, 0.2) is 18.2 Å². The average Bonchev–Trinajstić information content (AvgIpc) is 2.58. The van der Waals surface area contributed by atoms with E-state index in [1.807, 2.05) is 4.90 Å². The maximum absolute atomic E-state index is 12.3. The van der Waals surface area contributed by atoms with E-state index in [4.69, 9.17) is 17.3 Å². The van der Waals surface area contributed by atoms with Crippen LogP contribution in [0.2, 0.25) is 5.02 Å². The second kappa shape index (κ2) is 4.22. The first-order chi connectivity index (χ1) is 7.89. The number of carbonyl (C=O) groups is 1. The Labute approximate surface area is 107 Å². The lowest BCUT2D eigenvalue weighted by Gasteiger charge is -2.20. The molecule has 0 bridgehead atoms. The number of nitrogens with zero attached hydrogens (tertiary/aromatic N) is 1. The summed E-state index contributed by atoms with van der Waals surface area (Å²) >= 11 is 5.82. The van der Waals surface area contributed by atoms with Crippen molar-refractivity contribution in [2.24, 2.45) is 5.41 Å². The van der Waals surface area contributed by atoms with Crippen LogP contribution in [0.5, 0.6) is 0 Å². The van der Waals surface area contributed by atoms with E-state index in [1.54, 1.807) is 18.2 Å². The van der Waals surface area contributed by atoms with Gasteiger partial charge < -0.3 is 10.6 Å². The summed E-state index contributed by atoms with van der Waals surface area (Å²) in [4.78, 5) is 14.1. The lowest BCUT2D eigenvalue weighted by molar-refractivity contribution is 0.0779. The largest absolute Gasteiger partial charge is 0.398 e. The number of anilines is 1. The minimum absolute atomic E-state index is 0.00439. The first-order valence-corrected chi connectivity index (χ1v) is 6.11. The molecular weight excluding hydrogens is 236 g/mol. The lowest BCUT2D eigenvalue weighted by Crippen LogP contribution is -2.30. The molecule has 0 aliphatic carbocycles. The van der Waals surface area contributed by atoms with Crippen molar-refractivity contribution in [1.29, 1.82) is 0 Å². The van der Waals surface area contributed by atoms with Crippen molar-refractivity contribution in [1.82, 2.24) is 4.90 Å². The third-order valence-corrected chi connectivity index (χ3v) is 3.44. The molecule has 1 fully saturated rings. The summed E-state index contributed by atoms with van der Waals surface area (Å²) in [5.74, 6) is 0.00439. The Hall–Kier alpha value is -1.22. The van der Waals surface area contributed by atoms with Crippen LogP contribution in [-0.2, 0) is 0 Å². The second-order valence-electron chi connectivity index (χ2n) is 5.37. The fraction of sp³-hybridized carbons (Fsp3) is 0.462. The van der Waals surface area contributed by atoms with Crippen LogP contribution in [0.1, 0.15) is 30.6 Å².